The van der Waals surface area contributed by atoms with Crippen molar-refractivity contribution in [3.05, 3.63) is 27.0 Å². The number of pyridine rings is 1. The molecule has 86 valence electrons. The molecule has 0 unspecified atom stereocenters. The Bertz CT molecular complexity index is 432. The molecule has 0 bridgehead atoms. The molecule has 1 aromatic rings. The highest BCUT2D eigenvalue weighted by Crippen LogP contribution is 2.45. The van der Waals surface area contributed by atoms with Crippen molar-refractivity contribution in [2.75, 3.05) is 11.9 Å². The van der Waals surface area contributed by atoms with Gasteiger partial charge in [0, 0.05) is 12.7 Å². The molecule has 2 rings (SSSR count). The average molecular weight is 286 g/mol. The van der Waals surface area contributed by atoms with Gasteiger partial charge in [0.25, 0.3) is 0 Å². The van der Waals surface area contributed by atoms with E-state index in [1.165, 1.54) is 19.0 Å². The molecule has 1 heterocycles. The zero-order valence-electron chi connectivity index (χ0n) is 8.86. The fraction of sp³-hybridized carbons (Fsp3) is 0.500. The first-order valence-corrected chi connectivity index (χ1v) is 5.83. The van der Waals surface area contributed by atoms with Gasteiger partial charge in [0.1, 0.15) is 11.9 Å². The molecule has 1 aliphatic rings. The van der Waals surface area contributed by atoms with Crippen LogP contribution in [0.1, 0.15) is 19.8 Å². The Balaban J connectivity index is 2.20. The Morgan fingerprint density at radius 1 is 1.62 bits per heavy atom. The minimum absolute atomic E-state index is 0.0126. The number of nitro groups is 1. The SMILES string of the molecule is CC1(CNc2c(Br)cncc2[N+](=O)[O-])CC1. The van der Waals surface area contributed by atoms with Gasteiger partial charge in [0.05, 0.1) is 9.40 Å². The molecule has 0 amide bonds. The van der Waals surface area contributed by atoms with E-state index < -0.39 is 4.92 Å². The van der Waals surface area contributed by atoms with E-state index in [-0.39, 0.29) is 5.69 Å². The van der Waals surface area contributed by atoms with Gasteiger partial charge in [-0.2, -0.15) is 0 Å². The standard InChI is InChI=1S/C10H12BrN3O2/c1-10(2-3-10)6-13-9-7(11)4-12-5-8(9)14(15)16/h4-5H,2-3,6H2,1H3,(H,12,13). The zero-order chi connectivity index (χ0) is 11.8. The Labute approximate surface area is 102 Å². The molecule has 6 heteroatoms. The lowest BCUT2D eigenvalue weighted by Gasteiger charge is -2.12. The summed E-state index contributed by atoms with van der Waals surface area (Å²) in [6.45, 7) is 2.93. The quantitative estimate of drug-likeness (QED) is 0.682. The molecule has 1 fully saturated rings. The molecule has 1 saturated carbocycles. The van der Waals surface area contributed by atoms with E-state index >= 15 is 0 Å². The van der Waals surface area contributed by atoms with E-state index in [0.29, 0.717) is 15.6 Å². The van der Waals surface area contributed by atoms with Crippen molar-refractivity contribution in [2.45, 2.75) is 19.8 Å². The van der Waals surface area contributed by atoms with Gasteiger partial charge in [0.15, 0.2) is 0 Å². The Morgan fingerprint density at radius 3 is 2.88 bits per heavy atom. The second-order valence-electron chi connectivity index (χ2n) is 4.44. The molecule has 0 aromatic carbocycles. The number of anilines is 1. The third-order valence-corrected chi connectivity index (χ3v) is 3.47. The van der Waals surface area contributed by atoms with E-state index in [1.54, 1.807) is 6.20 Å². The summed E-state index contributed by atoms with van der Waals surface area (Å²) < 4.78 is 0.631. The maximum absolute atomic E-state index is 10.8. The first-order chi connectivity index (χ1) is 7.52. The van der Waals surface area contributed by atoms with Crippen molar-refractivity contribution < 1.29 is 4.92 Å². The molecular formula is C10H12BrN3O2. The number of hydrogen-bond acceptors (Lipinski definition) is 4. The van der Waals surface area contributed by atoms with Crippen LogP contribution in [0.5, 0.6) is 0 Å². The Morgan fingerprint density at radius 2 is 2.31 bits per heavy atom. The van der Waals surface area contributed by atoms with Crippen molar-refractivity contribution in [1.29, 1.82) is 0 Å². The van der Waals surface area contributed by atoms with Crippen LogP contribution in [0.25, 0.3) is 0 Å². The van der Waals surface area contributed by atoms with Crippen LogP contribution < -0.4 is 5.32 Å². The van der Waals surface area contributed by atoms with Crippen LogP contribution >= 0.6 is 15.9 Å². The highest BCUT2D eigenvalue weighted by atomic mass is 79.9. The summed E-state index contributed by atoms with van der Waals surface area (Å²) in [4.78, 5) is 14.2. The number of halogens is 1. The molecule has 0 radical (unpaired) electrons. The molecule has 0 spiro atoms. The zero-order valence-corrected chi connectivity index (χ0v) is 10.5. The highest BCUT2D eigenvalue weighted by Gasteiger charge is 2.37. The van der Waals surface area contributed by atoms with Crippen LogP contribution in [0, 0.1) is 15.5 Å². The van der Waals surface area contributed by atoms with Gasteiger partial charge in [0.2, 0.25) is 0 Å². The number of rotatable bonds is 4. The van der Waals surface area contributed by atoms with Gasteiger partial charge in [-0.15, -0.1) is 0 Å². The lowest BCUT2D eigenvalue weighted by atomic mass is 10.1. The van der Waals surface area contributed by atoms with Crippen LogP contribution in [0.2, 0.25) is 0 Å². The minimum Gasteiger partial charge on any atom is -0.378 e. The van der Waals surface area contributed by atoms with Gasteiger partial charge < -0.3 is 5.32 Å². The average Bonchev–Trinajstić information content (AvgIpc) is 2.95. The minimum atomic E-state index is -0.421. The second kappa shape index (κ2) is 4.01. The molecule has 0 atom stereocenters. The van der Waals surface area contributed by atoms with Crippen LogP contribution in [0.15, 0.2) is 16.9 Å². The molecule has 0 aliphatic heterocycles. The summed E-state index contributed by atoms with van der Waals surface area (Å²) >= 11 is 3.27. The Hall–Kier alpha value is -1.17. The van der Waals surface area contributed by atoms with E-state index in [9.17, 15) is 10.1 Å². The predicted molar refractivity (Wildman–Crippen MR) is 64.4 cm³/mol. The van der Waals surface area contributed by atoms with E-state index in [4.69, 9.17) is 0 Å². The number of hydrogen-bond donors (Lipinski definition) is 1. The fourth-order valence-corrected chi connectivity index (χ4v) is 1.89. The third-order valence-electron chi connectivity index (χ3n) is 2.87. The van der Waals surface area contributed by atoms with Crippen molar-refractivity contribution in [3.8, 4) is 0 Å². The van der Waals surface area contributed by atoms with Gasteiger partial charge in [-0.25, -0.2) is 0 Å². The molecule has 1 N–H and O–H groups in total. The second-order valence-corrected chi connectivity index (χ2v) is 5.29. The van der Waals surface area contributed by atoms with Gasteiger partial charge in [-0.05, 0) is 34.2 Å². The molecule has 1 aromatic heterocycles. The largest absolute Gasteiger partial charge is 0.378 e. The summed E-state index contributed by atoms with van der Waals surface area (Å²) in [5.74, 6) is 0. The topological polar surface area (TPSA) is 68.1 Å². The smallest absolute Gasteiger partial charge is 0.311 e. The Kier molecular flexibility index (Phi) is 2.84. The third kappa shape index (κ3) is 2.32. The van der Waals surface area contributed by atoms with Crippen molar-refractivity contribution in [1.82, 2.24) is 4.98 Å². The molecule has 1 aliphatic carbocycles. The highest BCUT2D eigenvalue weighted by molar-refractivity contribution is 9.10. The number of nitrogens with one attached hydrogen (secondary N) is 1. The normalized spacial score (nSPS) is 16.9. The lowest BCUT2D eigenvalue weighted by Crippen LogP contribution is -2.13. The molecule has 16 heavy (non-hydrogen) atoms. The van der Waals surface area contributed by atoms with Gasteiger partial charge >= 0.3 is 5.69 Å². The maximum atomic E-state index is 10.8. The molecule has 0 saturated heterocycles. The van der Waals surface area contributed by atoms with E-state index in [1.807, 2.05) is 0 Å². The van der Waals surface area contributed by atoms with Crippen LogP contribution in [0.3, 0.4) is 0 Å². The summed E-state index contributed by atoms with van der Waals surface area (Å²) in [5.41, 5.74) is 0.836. The summed E-state index contributed by atoms with van der Waals surface area (Å²) in [6, 6.07) is 0. The number of nitrogens with zero attached hydrogens (tertiary/aromatic N) is 2. The van der Waals surface area contributed by atoms with Crippen LogP contribution in [-0.4, -0.2) is 16.5 Å². The van der Waals surface area contributed by atoms with Gasteiger partial charge in [-0.3, -0.25) is 15.1 Å². The van der Waals surface area contributed by atoms with Crippen molar-refractivity contribution in [2.24, 2.45) is 5.41 Å². The summed E-state index contributed by atoms with van der Waals surface area (Å²) in [7, 11) is 0. The lowest BCUT2D eigenvalue weighted by molar-refractivity contribution is -0.384. The number of aromatic nitrogens is 1. The van der Waals surface area contributed by atoms with Crippen LogP contribution in [-0.2, 0) is 0 Å². The fourth-order valence-electron chi connectivity index (χ4n) is 1.43. The first kappa shape index (κ1) is 11.3. The monoisotopic (exact) mass is 285 g/mol. The van der Waals surface area contributed by atoms with Crippen LogP contribution in [0.4, 0.5) is 11.4 Å². The van der Waals surface area contributed by atoms with Gasteiger partial charge in [-0.1, -0.05) is 6.92 Å². The molecule has 5 nitrogen and oxygen atoms in total. The molecular weight excluding hydrogens is 274 g/mol. The van der Waals surface area contributed by atoms with E-state index in [2.05, 4.69) is 33.2 Å². The first-order valence-electron chi connectivity index (χ1n) is 5.04. The summed E-state index contributed by atoms with van der Waals surface area (Å²) in [6.07, 6.45) is 5.18. The maximum Gasteiger partial charge on any atom is 0.311 e. The summed E-state index contributed by atoms with van der Waals surface area (Å²) in [5, 5.41) is 14.0. The van der Waals surface area contributed by atoms with E-state index in [0.717, 1.165) is 6.54 Å². The van der Waals surface area contributed by atoms with Crippen molar-refractivity contribution in [3.63, 3.8) is 0 Å². The van der Waals surface area contributed by atoms with Crippen molar-refractivity contribution >= 4 is 27.3 Å². The predicted octanol–water partition coefficient (Wildman–Crippen LogP) is 2.96.